The third-order valence-corrected chi connectivity index (χ3v) is 6.59. The second-order valence-electron chi connectivity index (χ2n) is 7.96. The number of hydrogen-bond acceptors (Lipinski definition) is 1. The zero-order valence-electron chi connectivity index (χ0n) is 15.4. The van der Waals surface area contributed by atoms with Crippen molar-refractivity contribution in [1.29, 1.82) is 0 Å². The lowest BCUT2D eigenvalue weighted by molar-refractivity contribution is 0.344. The maximum atomic E-state index is 2.87. The van der Waals surface area contributed by atoms with Gasteiger partial charge >= 0.3 is 6.28 Å². The minimum Gasteiger partial charge on any atom is -0.424 e. The van der Waals surface area contributed by atoms with Crippen molar-refractivity contribution in [3.8, 4) is 0 Å². The van der Waals surface area contributed by atoms with Crippen molar-refractivity contribution in [3.05, 3.63) is 66.5 Å². The molecular formula is C23H30BN. The van der Waals surface area contributed by atoms with Crippen LogP contribution in [0.4, 0.5) is 0 Å². The molecule has 2 aromatic carbocycles. The van der Waals surface area contributed by atoms with E-state index in [1.54, 1.807) is 0 Å². The van der Waals surface area contributed by atoms with E-state index in [1.807, 2.05) is 5.82 Å². The normalized spacial score (nSPS) is 19.8. The number of hydrogen-bond donors (Lipinski definition) is 0. The van der Waals surface area contributed by atoms with Crippen molar-refractivity contribution in [3.63, 3.8) is 0 Å². The van der Waals surface area contributed by atoms with Crippen molar-refractivity contribution in [1.82, 2.24) is 4.81 Å². The lowest BCUT2D eigenvalue weighted by Gasteiger charge is -2.51. The summed E-state index contributed by atoms with van der Waals surface area (Å²) in [6.45, 7) is 2.49. The molecule has 0 bridgehead atoms. The van der Waals surface area contributed by atoms with Crippen LogP contribution in [-0.2, 0) is 0 Å². The summed E-state index contributed by atoms with van der Waals surface area (Å²) >= 11 is 0. The van der Waals surface area contributed by atoms with Gasteiger partial charge in [0, 0.05) is 12.8 Å². The molecule has 1 heterocycles. The predicted molar refractivity (Wildman–Crippen MR) is 110 cm³/mol. The van der Waals surface area contributed by atoms with E-state index in [4.69, 9.17) is 0 Å². The highest BCUT2D eigenvalue weighted by atomic mass is 15.1. The Balaban J connectivity index is 1.89. The Morgan fingerprint density at radius 2 is 1.08 bits per heavy atom. The van der Waals surface area contributed by atoms with Crippen LogP contribution in [0, 0.1) is 5.82 Å². The molecular weight excluding hydrogens is 301 g/mol. The first-order valence-electron chi connectivity index (χ1n) is 10.3. The molecule has 130 valence electrons. The zero-order chi connectivity index (χ0) is 17.0. The molecule has 25 heavy (non-hydrogen) atoms. The van der Waals surface area contributed by atoms with Crippen LogP contribution in [0.25, 0.3) is 0 Å². The van der Waals surface area contributed by atoms with Gasteiger partial charge < -0.3 is 4.81 Å². The quantitative estimate of drug-likeness (QED) is 0.596. The van der Waals surface area contributed by atoms with Gasteiger partial charge in [-0.05, 0) is 45.2 Å². The zero-order valence-corrected chi connectivity index (χ0v) is 15.4. The molecule has 2 fully saturated rings. The van der Waals surface area contributed by atoms with Crippen molar-refractivity contribution < 1.29 is 0 Å². The fourth-order valence-electron chi connectivity index (χ4n) is 5.54. The number of benzene rings is 2. The standard InChI is InChI=1S/C23H30BN/c1-5-13-21(14-6-1)24(22-15-7-2-8-16-22,23-17-9-3-10-18-23)25-19-11-4-12-20-25/h1-2,5-8,13-16H,3-4,9-12,17-20H2. The third-order valence-electron chi connectivity index (χ3n) is 6.59. The van der Waals surface area contributed by atoms with Gasteiger partial charge in [-0.15, -0.1) is 10.9 Å². The molecule has 1 saturated heterocycles. The average molecular weight is 331 g/mol. The molecule has 1 saturated carbocycles. The van der Waals surface area contributed by atoms with E-state index >= 15 is 0 Å². The third kappa shape index (κ3) is 3.13. The predicted octanol–water partition coefficient (Wildman–Crippen LogP) is 4.31. The van der Waals surface area contributed by atoms with Gasteiger partial charge in [0.15, 0.2) is 0 Å². The molecule has 4 rings (SSSR count). The number of piperidine rings is 1. The van der Waals surface area contributed by atoms with Crippen LogP contribution in [0.15, 0.2) is 60.7 Å². The minimum absolute atomic E-state index is 0.912. The number of nitrogens with zero attached hydrogens (tertiary/aromatic N) is 1. The van der Waals surface area contributed by atoms with Gasteiger partial charge in [-0.2, -0.15) is 0 Å². The summed E-state index contributed by atoms with van der Waals surface area (Å²) in [6, 6.07) is 22.8. The average Bonchev–Trinajstić information content (AvgIpc) is 2.72. The van der Waals surface area contributed by atoms with Crippen LogP contribution in [0.2, 0.25) is 0 Å². The minimum atomic E-state index is -0.912. The first-order valence-corrected chi connectivity index (χ1v) is 10.3. The maximum Gasteiger partial charge on any atom is 0.319 e. The SMILES string of the molecule is c1ccc([B-](c2ccccc2)([C+]2CCCCC2)N2CCCCC2)cc1. The van der Waals surface area contributed by atoms with Gasteiger partial charge in [0.25, 0.3) is 0 Å². The Morgan fingerprint density at radius 3 is 1.60 bits per heavy atom. The van der Waals surface area contributed by atoms with E-state index in [2.05, 4.69) is 65.5 Å². The first kappa shape index (κ1) is 16.8. The first-order chi connectivity index (χ1) is 12.4. The Morgan fingerprint density at radius 1 is 0.600 bits per heavy atom. The van der Waals surface area contributed by atoms with Crippen molar-refractivity contribution in [2.45, 2.75) is 51.4 Å². The molecule has 1 aliphatic heterocycles. The van der Waals surface area contributed by atoms with Gasteiger partial charge in [-0.25, -0.2) is 0 Å². The molecule has 0 amide bonds. The summed E-state index contributed by atoms with van der Waals surface area (Å²) in [6.07, 6.45) is 9.91. The Labute approximate surface area is 153 Å². The monoisotopic (exact) mass is 331 g/mol. The van der Waals surface area contributed by atoms with Gasteiger partial charge in [-0.1, -0.05) is 72.9 Å². The fraction of sp³-hybridized carbons (Fsp3) is 0.435. The highest BCUT2D eigenvalue weighted by molar-refractivity contribution is 7.04. The molecule has 1 aliphatic carbocycles. The lowest BCUT2D eigenvalue weighted by atomic mass is 9.19. The molecule has 0 spiro atoms. The van der Waals surface area contributed by atoms with Crippen LogP contribution in [0.5, 0.6) is 0 Å². The van der Waals surface area contributed by atoms with E-state index < -0.39 is 6.28 Å². The van der Waals surface area contributed by atoms with Crippen molar-refractivity contribution in [2.75, 3.05) is 13.1 Å². The molecule has 0 unspecified atom stereocenters. The smallest absolute Gasteiger partial charge is 0.319 e. The van der Waals surface area contributed by atoms with Crippen LogP contribution in [-0.4, -0.2) is 24.2 Å². The second-order valence-corrected chi connectivity index (χ2v) is 7.96. The highest BCUT2D eigenvalue weighted by Gasteiger charge is 2.50. The van der Waals surface area contributed by atoms with Gasteiger partial charge in [0.05, 0.1) is 0 Å². The van der Waals surface area contributed by atoms with Gasteiger partial charge in [-0.3, -0.25) is 0 Å². The van der Waals surface area contributed by atoms with Crippen LogP contribution < -0.4 is 10.9 Å². The summed E-state index contributed by atoms with van der Waals surface area (Å²) in [5.41, 5.74) is 3.07. The summed E-state index contributed by atoms with van der Waals surface area (Å²) in [4.78, 5) is 2.87. The Hall–Kier alpha value is -1.67. The second kappa shape index (κ2) is 7.70. The molecule has 0 aromatic heterocycles. The molecule has 0 radical (unpaired) electrons. The highest BCUT2D eigenvalue weighted by Crippen LogP contribution is 2.36. The van der Waals surface area contributed by atoms with Crippen LogP contribution in [0.3, 0.4) is 0 Å². The van der Waals surface area contributed by atoms with Crippen LogP contribution >= 0.6 is 0 Å². The molecule has 1 nitrogen and oxygen atoms in total. The molecule has 0 N–H and O–H groups in total. The van der Waals surface area contributed by atoms with Crippen molar-refractivity contribution >= 4 is 17.2 Å². The summed E-state index contributed by atoms with van der Waals surface area (Å²) < 4.78 is 0. The van der Waals surface area contributed by atoms with E-state index in [0.29, 0.717) is 0 Å². The Bertz CT molecular complexity index is 583. The largest absolute Gasteiger partial charge is 0.424 e. The summed E-state index contributed by atoms with van der Waals surface area (Å²) in [5, 5.41) is 0. The lowest BCUT2D eigenvalue weighted by Crippen LogP contribution is -2.74. The Kier molecular flexibility index (Phi) is 5.17. The van der Waals surface area contributed by atoms with Crippen molar-refractivity contribution in [2.24, 2.45) is 0 Å². The molecule has 2 aliphatic rings. The maximum absolute atomic E-state index is 2.87. The van der Waals surface area contributed by atoms with E-state index in [1.165, 1.54) is 75.4 Å². The van der Waals surface area contributed by atoms with Gasteiger partial charge in [0.1, 0.15) is 0 Å². The summed E-state index contributed by atoms with van der Waals surface area (Å²) in [5.74, 6) is 1.81. The topological polar surface area (TPSA) is 3.24 Å². The fourth-order valence-corrected chi connectivity index (χ4v) is 5.54. The molecule has 2 heteroatoms. The van der Waals surface area contributed by atoms with E-state index in [0.717, 1.165) is 0 Å². The molecule has 2 aromatic rings. The van der Waals surface area contributed by atoms with Crippen LogP contribution in [0.1, 0.15) is 51.4 Å². The van der Waals surface area contributed by atoms with E-state index in [-0.39, 0.29) is 0 Å². The number of rotatable bonds is 4. The van der Waals surface area contributed by atoms with Gasteiger partial charge in [0.2, 0.25) is 0 Å². The molecule has 0 atom stereocenters. The van der Waals surface area contributed by atoms with E-state index in [9.17, 15) is 0 Å². The summed E-state index contributed by atoms with van der Waals surface area (Å²) in [7, 11) is 0.